The lowest BCUT2D eigenvalue weighted by Gasteiger charge is -2.24. The van der Waals surface area contributed by atoms with Crippen molar-refractivity contribution in [1.29, 1.82) is 0 Å². The van der Waals surface area contributed by atoms with Gasteiger partial charge >= 0.3 is 0 Å². The van der Waals surface area contributed by atoms with Crippen LogP contribution >= 0.6 is 0 Å². The van der Waals surface area contributed by atoms with Crippen molar-refractivity contribution in [1.82, 2.24) is 5.32 Å². The number of hydrogen-bond donors (Lipinski definition) is 1. The quantitative estimate of drug-likeness (QED) is 0.731. The lowest BCUT2D eigenvalue weighted by atomic mass is 9.80. The summed E-state index contributed by atoms with van der Waals surface area (Å²) in [5, 5.41) is 2.48. The number of carbonyl (C=O) groups is 4. The molecule has 0 saturated carbocycles. The van der Waals surface area contributed by atoms with E-state index in [4.69, 9.17) is 4.42 Å². The molecule has 0 spiro atoms. The average molecular weight is 333 g/mol. The predicted molar refractivity (Wildman–Crippen MR) is 86.1 cm³/mol. The molecule has 2 rings (SSSR count). The number of amides is 1. The highest BCUT2D eigenvalue weighted by Crippen LogP contribution is 2.24. The molecule has 0 radical (unpaired) electrons. The summed E-state index contributed by atoms with van der Waals surface area (Å²) in [5.74, 6) is -1.76. The highest BCUT2D eigenvalue weighted by molar-refractivity contribution is 6.37. The zero-order valence-electron chi connectivity index (χ0n) is 14.0. The molecule has 130 valence electrons. The largest absolute Gasteiger partial charge is 0.469 e. The van der Waals surface area contributed by atoms with Crippen LogP contribution in [0.1, 0.15) is 38.9 Å². The summed E-state index contributed by atoms with van der Waals surface area (Å²) in [6.07, 6.45) is 2.30. The first-order valence-corrected chi connectivity index (χ1v) is 8.27. The van der Waals surface area contributed by atoms with E-state index in [-0.39, 0.29) is 36.7 Å². The zero-order chi connectivity index (χ0) is 17.7. The van der Waals surface area contributed by atoms with Gasteiger partial charge < -0.3 is 9.73 Å². The van der Waals surface area contributed by atoms with Gasteiger partial charge in [0.1, 0.15) is 17.3 Å². The number of furan rings is 1. The molecular formula is C18H23NO5. The van der Waals surface area contributed by atoms with E-state index in [2.05, 4.69) is 5.32 Å². The molecule has 2 heterocycles. The van der Waals surface area contributed by atoms with Crippen LogP contribution in [-0.4, -0.2) is 29.8 Å². The number of carbonyl (C=O) groups excluding carboxylic acids is 4. The Morgan fingerprint density at radius 3 is 2.71 bits per heavy atom. The number of piperidine rings is 1. The Morgan fingerprint density at radius 1 is 1.33 bits per heavy atom. The molecule has 1 aromatic heterocycles. The van der Waals surface area contributed by atoms with E-state index >= 15 is 0 Å². The molecule has 6 nitrogen and oxygen atoms in total. The Morgan fingerprint density at radius 2 is 2.08 bits per heavy atom. The van der Waals surface area contributed by atoms with Crippen LogP contribution < -0.4 is 5.32 Å². The van der Waals surface area contributed by atoms with Gasteiger partial charge in [0.05, 0.1) is 12.7 Å². The molecule has 1 aliphatic rings. The summed E-state index contributed by atoms with van der Waals surface area (Å²) in [6.45, 7) is 4.18. The molecule has 24 heavy (non-hydrogen) atoms. The summed E-state index contributed by atoms with van der Waals surface area (Å²) in [5.41, 5.74) is 0. The number of rotatable bonds is 8. The number of ketones is 3. The third kappa shape index (κ3) is 4.63. The Hall–Kier alpha value is -2.24. The van der Waals surface area contributed by atoms with Crippen molar-refractivity contribution >= 4 is 23.3 Å². The molecular weight excluding hydrogens is 310 g/mol. The van der Waals surface area contributed by atoms with Crippen molar-refractivity contribution < 1.29 is 23.6 Å². The van der Waals surface area contributed by atoms with Crippen LogP contribution in [0.2, 0.25) is 0 Å². The van der Waals surface area contributed by atoms with E-state index in [9.17, 15) is 19.2 Å². The molecule has 1 N–H and O–H groups in total. The molecule has 0 aromatic carbocycles. The van der Waals surface area contributed by atoms with E-state index in [1.165, 1.54) is 6.26 Å². The Bertz CT molecular complexity index is 617. The first-order valence-electron chi connectivity index (χ1n) is 8.27. The van der Waals surface area contributed by atoms with Crippen molar-refractivity contribution in [3.8, 4) is 0 Å². The number of nitrogens with one attached hydrogen (secondary N) is 1. The summed E-state index contributed by atoms with van der Waals surface area (Å²) >= 11 is 0. The fourth-order valence-corrected chi connectivity index (χ4v) is 3.00. The highest BCUT2D eigenvalue weighted by Gasteiger charge is 2.34. The third-order valence-electron chi connectivity index (χ3n) is 4.44. The van der Waals surface area contributed by atoms with Crippen molar-refractivity contribution in [2.24, 2.45) is 17.8 Å². The molecule has 1 saturated heterocycles. The van der Waals surface area contributed by atoms with Gasteiger partial charge in [-0.05, 0) is 24.5 Å². The van der Waals surface area contributed by atoms with Crippen LogP contribution in [-0.2, 0) is 25.6 Å². The topological polar surface area (TPSA) is 93.4 Å². The van der Waals surface area contributed by atoms with Gasteiger partial charge in [0.25, 0.3) is 5.91 Å². The van der Waals surface area contributed by atoms with Gasteiger partial charge in [0, 0.05) is 31.2 Å². The van der Waals surface area contributed by atoms with Crippen molar-refractivity contribution in [3.05, 3.63) is 24.2 Å². The van der Waals surface area contributed by atoms with E-state index in [0.717, 1.165) is 0 Å². The first-order chi connectivity index (χ1) is 11.4. The molecule has 1 aromatic rings. The van der Waals surface area contributed by atoms with E-state index < -0.39 is 23.5 Å². The third-order valence-corrected chi connectivity index (χ3v) is 4.44. The fourth-order valence-electron chi connectivity index (χ4n) is 3.00. The van der Waals surface area contributed by atoms with Crippen LogP contribution in [0.4, 0.5) is 0 Å². The van der Waals surface area contributed by atoms with Gasteiger partial charge in [0.15, 0.2) is 0 Å². The molecule has 1 fully saturated rings. The average Bonchev–Trinajstić information content (AvgIpc) is 3.02. The van der Waals surface area contributed by atoms with Crippen LogP contribution in [0.25, 0.3) is 0 Å². The van der Waals surface area contributed by atoms with Gasteiger partial charge in [-0.25, -0.2) is 0 Å². The lowest BCUT2D eigenvalue weighted by molar-refractivity contribution is -0.143. The van der Waals surface area contributed by atoms with Gasteiger partial charge in [-0.1, -0.05) is 13.8 Å². The standard InChI is InChI=1S/C18H23NO5/c1-11(2)15(10-13(20)9-14-4-3-7-24-14)16(21)8-12-5-6-19-18(23)17(12)22/h3-4,7,11-12,15H,5-6,8-10H2,1-2H3,(H,19,23). The molecule has 1 amide bonds. The maximum Gasteiger partial charge on any atom is 0.287 e. The zero-order valence-corrected chi connectivity index (χ0v) is 14.0. The van der Waals surface area contributed by atoms with Crippen LogP contribution in [0.15, 0.2) is 22.8 Å². The van der Waals surface area contributed by atoms with Crippen LogP contribution in [0.3, 0.4) is 0 Å². The molecule has 0 aliphatic carbocycles. The van der Waals surface area contributed by atoms with Crippen LogP contribution in [0.5, 0.6) is 0 Å². The summed E-state index contributed by atoms with van der Waals surface area (Å²) in [4.78, 5) is 48.0. The minimum atomic E-state index is -0.617. The summed E-state index contributed by atoms with van der Waals surface area (Å²) in [6, 6.07) is 3.44. The predicted octanol–water partition coefficient (Wildman–Crippen LogP) is 1.72. The molecule has 2 atom stereocenters. The van der Waals surface area contributed by atoms with Crippen molar-refractivity contribution in [2.75, 3.05) is 6.54 Å². The van der Waals surface area contributed by atoms with Gasteiger partial charge in [-0.2, -0.15) is 0 Å². The molecule has 2 unspecified atom stereocenters. The van der Waals surface area contributed by atoms with E-state index in [1.807, 2.05) is 13.8 Å². The van der Waals surface area contributed by atoms with Crippen LogP contribution in [0, 0.1) is 17.8 Å². The smallest absolute Gasteiger partial charge is 0.287 e. The summed E-state index contributed by atoms with van der Waals surface area (Å²) in [7, 11) is 0. The SMILES string of the molecule is CC(C)C(CC(=O)Cc1ccco1)C(=O)CC1CCNC(=O)C1=O. The Kier molecular flexibility index (Phi) is 6.06. The van der Waals surface area contributed by atoms with E-state index in [0.29, 0.717) is 18.7 Å². The molecule has 0 bridgehead atoms. The van der Waals surface area contributed by atoms with E-state index in [1.54, 1.807) is 12.1 Å². The maximum absolute atomic E-state index is 12.6. The number of hydrogen-bond acceptors (Lipinski definition) is 5. The van der Waals surface area contributed by atoms with Gasteiger partial charge in [-0.3, -0.25) is 19.2 Å². The lowest BCUT2D eigenvalue weighted by Crippen LogP contribution is -2.43. The maximum atomic E-state index is 12.6. The van der Waals surface area contributed by atoms with Gasteiger partial charge in [-0.15, -0.1) is 0 Å². The first kappa shape index (κ1) is 18.1. The minimum Gasteiger partial charge on any atom is -0.469 e. The Balaban J connectivity index is 1.96. The normalized spacial score (nSPS) is 19.2. The highest BCUT2D eigenvalue weighted by atomic mass is 16.3. The Labute approximate surface area is 141 Å². The second kappa shape index (κ2) is 8.04. The summed E-state index contributed by atoms with van der Waals surface area (Å²) < 4.78 is 5.16. The second-order valence-electron chi connectivity index (χ2n) is 6.63. The molecule has 1 aliphatic heterocycles. The van der Waals surface area contributed by atoms with Crippen molar-refractivity contribution in [3.63, 3.8) is 0 Å². The number of Topliss-reactive ketones (excluding diaryl/α,β-unsaturated/α-hetero) is 3. The fraction of sp³-hybridized carbons (Fsp3) is 0.556. The monoisotopic (exact) mass is 333 g/mol. The second-order valence-corrected chi connectivity index (χ2v) is 6.63. The van der Waals surface area contributed by atoms with Crippen molar-refractivity contribution in [2.45, 2.75) is 39.5 Å². The molecule has 6 heteroatoms. The van der Waals surface area contributed by atoms with Gasteiger partial charge in [0.2, 0.25) is 5.78 Å². The minimum absolute atomic E-state index is 0.00873.